The van der Waals surface area contributed by atoms with Gasteiger partial charge in [0.25, 0.3) is 0 Å². The van der Waals surface area contributed by atoms with E-state index in [1.54, 1.807) is 0 Å². The molecule has 12 heavy (non-hydrogen) atoms. The van der Waals surface area contributed by atoms with Gasteiger partial charge in [-0.05, 0) is 12.0 Å². The largest absolute Gasteiger partial charge is 0.345 e. The number of hydrogen-bond acceptors (Lipinski definition) is 2. The Hall–Kier alpha value is -1.38. The summed E-state index contributed by atoms with van der Waals surface area (Å²) >= 11 is 0. The molecular weight excluding hydrogens is 150 g/mol. The van der Waals surface area contributed by atoms with Crippen LogP contribution >= 0.6 is 0 Å². The van der Waals surface area contributed by atoms with E-state index in [-0.39, 0.29) is 0 Å². The van der Waals surface area contributed by atoms with Crippen molar-refractivity contribution in [2.75, 3.05) is 0 Å². The number of aromatic amines is 1. The number of nitrogens with zero attached hydrogens (tertiary/aromatic N) is 2. The van der Waals surface area contributed by atoms with Crippen molar-refractivity contribution in [1.29, 1.82) is 0 Å². The average Bonchev–Trinajstić information content (AvgIpc) is 2.49. The zero-order chi connectivity index (χ0) is 8.55. The van der Waals surface area contributed by atoms with E-state index in [4.69, 9.17) is 0 Å². The van der Waals surface area contributed by atoms with Crippen molar-refractivity contribution in [2.24, 2.45) is 0 Å². The van der Waals surface area contributed by atoms with Crippen LogP contribution in [0, 0.1) is 0 Å². The number of H-pyrrole nitrogens is 1. The Labute approximate surface area is 70.9 Å². The molecule has 2 aromatic heterocycles. The van der Waals surface area contributed by atoms with Crippen molar-refractivity contribution in [3.05, 3.63) is 24.2 Å². The molecule has 62 valence electrons. The van der Waals surface area contributed by atoms with Crippen LogP contribution in [-0.4, -0.2) is 15.0 Å². The van der Waals surface area contributed by atoms with Crippen LogP contribution in [0.4, 0.5) is 0 Å². The maximum absolute atomic E-state index is 4.42. The molecule has 2 heterocycles. The first-order valence-corrected chi connectivity index (χ1v) is 4.07. The van der Waals surface area contributed by atoms with Gasteiger partial charge in [0.1, 0.15) is 5.52 Å². The third-order valence-corrected chi connectivity index (χ3v) is 1.87. The van der Waals surface area contributed by atoms with Crippen molar-refractivity contribution < 1.29 is 0 Å². The molecule has 0 aliphatic heterocycles. The maximum Gasteiger partial charge on any atom is 0.156 e. The Morgan fingerprint density at radius 3 is 3.00 bits per heavy atom. The minimum Gasteiger partial charge on any atom is -0.345 e. The van der Waals surface area contributed by atoms with Gasteiger partial charge in [-0.15, -0.1) is 0 Å². The summed E-state index contributed by atoms with van der Waals surface area (Å²) in [5.74, 6) is 0.435. The molecule has 0 aliphatic rings. The molecule has 0 atom stereocenters. The Kier molecular flexibility index (Phi) is 1.57. The van der Waals surface area contributed by atoms with Gasteiger partial charge in [-0.3, -0.25) is 4.98 Å². The molecule has 0 radical (unpaired) electrons. The van der Waals surface area contributed by atoms with E-state index < -0.39 is 0 Å². The SMILES string of the molecule is CC(C)c1cnc2cc[nH]c2n1. The van der Waals surface area contributed by atoms with Crippen LogP contribution in [0.15, 0.2) is 18.5 Å². The highest BCUT2D eigenvalue weighted by molar-refractivity contribution is 5.69. The fourth-order valence-electron chi connectivity index (χ4n) is 1.12. The molecule has 0 unspecified atom stereocenters. The highest BCUT2D eigenvalue weighted by Gasteiger charge is 2.03. The molecule has 1 N–H and O–H groups in total. The van der Waals surface area contributed by atoms with E-state index in [0.717, 1.165) is 16.9 Å². The standard InChI is InChI=1S/C9H11N3/c1-6(2)8-5-11-7-3-4-10-9(7)12-8/h3-6H,1-2H3,(H,10,12). The Morgan fingerprint density at radius 2 is 2.25 bits per heavy atom. The lowest BCUT2D eigenvalue weighted by molar-refractivity contribution is 0.820. The van der Waals surface area contributed by atoms with E-state index in [1.807, 2.05) is 18.5 Å². The van der Waals surface area contributed by atoms with Crippen molar-refractivity contribution in [3.63, 3.8) is 0 Å². The van der Waals surface area contributed by atoms with Gasteiger partial charge in [0.15, 0.2) is 5.65 Å². The van der Waals surface area contributed by atoms with Gasteiger partial charge in [0, 0.05) is 12.4 Å². The van der Waals surface area contributed by atoms with Gasteiger partial charge in [0.05, 0.1) is 5.69 Å². The number of aromatic nitrogens is 3. The third-order valence-electron chi connectivity index (χ3n) is 1.87. The molecule has 0 spiro atoms. The van der Waals surface area contributed by atoms with Crippen molar-refractivity contribution in [3.8, 4) is 0 Å². The van der Waals surface area contributed by atoms with Gasteiger partial charge >= 0.3 is 0 Å². The summed E-state index contributed by atoms with van der Waals surface area (Å²) in [6.07, 6.45) is 3.69. The summed E-state index contributed by atoms with van der Waals surface area (Å²) in [4.78, 5) is 11.7. The van der Waals surface area contributed by atoms with E-state index in [9.17, 15) is 0 Å². The summed E-state index contributed by atoms with van der Waals surface area (Å²) < 4.78 is 0. The first-order chi connectivity index (χ1) is 5.77. The lowest BCUT2D eigenvalue weighted by atomic mass is 10.1. The fraction of sp³-hybridized carbons (Fsp3) is 0.333. The molecule has 2 rings (SSSR count). The smallest absolute Gasteiger partial charge is 0.156 e. The predicted octanol–water partition coefficient (Wildman–Crippen LogP) is 2.08. The van der Waals surface area contributed by atoms with Crippen molar-refractivity contribution >= 4 is 11.2 Å². The lowest BCUT2D eigenvalue weighted by Gasteiger charge is -2.01. The molecule has 3 nitrogen and oxygen atoms in total. The van der Waals surface area contributed by atoms with Crippen LogP contribution in [0.25, 0.3) is 11.2 Å². The second-order valence-corrected chi connectivity index (χ2v) is 3.16. The Bertz CT molecular complexity index is 389. The first-order valence-electron chi connectivity index (χ1n) is 4.07. The van der Waals surface area contributed by atoms with Gasteiger partial charge in [-0.2, -0.15) is 0 Å². The van der Waals surface area contributed by atoms with Crippen LogP contribution in [0.5, 0.6) is 0 Å². The Morgan fingerprint density at radius 1 is 1.42 bits per heavy atom. The van der Waals surface area contributed by atoms with E-state index in [0.29, 0.717) is 5.92 Å². The molecule has 0 saturated carbocycles. The highest BCUT2D eigenvalue weighted by atomic mass is 14.9. The summed E-state index contributed by atoms with van der Waals surface area (Å²) in [5, 5.41) is 0. The summed E-state index contributed by atoms with van der Waals surface area (Å²) in [6, 6.07) is 1.92. The molecule has 0 fully saturated rings. The van der Waals surface area contributed by atoms with Gasteiger partial charge in [0.2, 0.25) is 0 Å². The number of nitrogens with one attached hydrogen (secondary N) is 1. The van der Waals surface area contributed by atoms with Crippen LogP contribution in [0.1, 0.15) is 25.5 Å². The Balaban J connectivity index is 2.60. The summed E-state index contributed by atoms with van der Waals surface area (Å²) in [6.45, 7) is 4.22. The normalized spacial score (nSPS) is 11.2. The predicted molar refractivity (Wildman–Crippen MR) is 48.0 cm³/mol. The third kappa shape index (κ3) is 1.07. The molecule has 0 bridgehead atoms. The highest BCUT2D eigenvalue weighted by Crippen LogP contribution is 2.13. The second-order valence-electron chi connectivity index (χ2n) is 3.16. The van der Waals surface area contributed by atoms with Gasteiger partial charge in [-0.25, -0.2) is 4.98 Å². The van der Waals surface area contributed by atoms with Crippen LogP contribution in [0.3, 0.4) is 0 Å². The first kappa shape index (κ1) is 7.28. The molecular formula is C9H11N3. The van der Waals surface area contributed by atoms with E-state index in [2.05, 4.69) is 28.8 Å². The minimum absolute atomic E-state index is 0.435. The quantitative estimate of drug-likeness (QED) is 0.695. The molecule has 0 aliphatic carbocycles. The molecule has 0 amide bonds. The topological polar surface area (TPSA) is 41.6 Å². The van der Waals surface area contributed by atoms with Gasteiger partial charge in [-0.1, -0.05) is 13.8 Å². The second kappa shape index (κ2) is 2.59. The zero-order valence-electron chi connectivity index (χ0n) is 7.20. The fourth-order valence-corrected chi connectivity index (χ4v) is 1.12. The summed E-state index contributed by atoms with van der Waals surface area (Å²) in [7, 11) is 0. The van der Waals surface area contributed by atoms with Crippen LogP contribution < -0.4 is 0 Å². The van der Waals surface area contributed by atoms with E-state index in [1.165, 1.54) is 0 Å². The number of fused-ring (bicyclic) bond motifs is 1. The number of hydrogen-bond donors (Lipinski definition) is 1. The maximum atomic E-state index is 4.42. The van der Waals surface area contributed by atoms with Gasteiger partial charge < -0.3 is 4.98 Å². The molecule has 2 aromatic rings. The molecule has 3 heteroatoms. The molecule has 0 saturated heterocycles. The summed E-state index contributed by atoms with van der Waals surface area (Å²) in [5.41, 5.74) is 2.84. The van der Waals surface area contributed by atoms with Crippen LogP contribution in [0.2, 0.25) is 0 Å². The van der Waals surface area contributed by atoms with Crippen molar-refractivity contribution in [2.45, 2.75) is 19.8 Å². The van der Waals surface area contributed by atoms with Crippen LogP contribution in [-0.2, 0) is 0 Å². The number of rotatable bonds is 1. The van der Waals surface area contributed by atoms with Crippen molar-refractivity contribution in [1.82, 2.24) is 15.0 Å². The molecule has 0 aromatic carbocycles. The zero-order valence-corrected chi connectivity index (χ0v) is 7.20. The lowest BCUT2D eigenvalue weighted by Crippen LogP contribution is -1.93. The minimum atomic E-state index is 0.435. The van der Waals surface area contributed by atoms with E-state index >= 15 is 0 Å². The average molecular weight is 161 g/mol. The monoisotopic (exact) mass is 161 g/mol.